The maximum Gasteiger partial charge on any atom is 0.241 e. The number of hydrogen-bond acceptors (Lipinski definition) is 4. The molecule has 0 aliphatic heterocycles. The van der Waals surface area contributed by atoms with Crippen molar-refractivity contribution >= 4 is 11.6 Å². The van der Waals surface area contributed by atoms with Crippen molar-refractivity contribution in [2.24, 2.45) is 5.73 Å². The number of amides is 1. The predicted octanol–water partition coefficient (Wildman–Crippen LogP) is 1.43. The van der Waals surface area contributed by atoms with Crippen LogP contribution in [0.3, 0.4) is 0 Å². The van der Waals surface area contributed by atoms with E-state index in [9.17, 15) is 4.79 Å². The third-order valence-electron chi connectivity index (χ3n) is 2.36. The summed E-state index contributed by atoms with van der Waals surface area (Å²) in [4.78, 5) is 19.8. The largest absolute Gasteiger partial charge is 0.322 e. The number of carbonyl (C=O) groups excluding carboxylic acids is 1. The highest BCUT2D eigenvalue weighted by atomic mass is 16.2. The second-order valence-electron chi connectivity index (χ2n) is 3.94. The Balaban J connectivity index is 2.13. The monoisotopic (exact) mass is 242 g/mol. The lowest BCUT2D eigenvalue weighted by molar-refractivity contribution is -0.117. The maximum absolute atomic E-state index is 11.4. The van der Waals surface area contributed by atoms with Crippen molar-refractivity contribution in [1.82, 2.24) is 9.97 Å². The van der Waals surface area contributed by atoms with E-state index >= 15 is 0 Å². The van der Waals surface area contributed by atoms with Gasteiger partial charge in [0.15, 0.2) is 5.82 Å². The van der Waals surface area contributed by atoms with Crippen molar-refractivity contribution in [3.05, 3.63) is 42.7 Å². The first-order chi connectivity index (χ1) is 8.66. The summed E-state index contributed by atoms with van der Waals surface area (Å²) in [7, 11) is 0. The summed E-state index contributed by atoms with van der Waals surface area (Å²) in [5.41, 5.74) is 6.92. The molecule has 1 heterocycles. The fraction of sp³-hybridized carbons (Fsp3) is 0.154. The highest BCUT2D eigenvalue weighted by Crippen LogP contribution is 2.14. The number of nitrogens with one attached hydrogen (secondary N) is 1. The Morgan fingerprint density at radius 3 is 2.39 bits per heavy atom. The van der Waals surface area contributed by atoms with Crippen LogP contribution in [0.15, 0.2) is 42.7 Å². The number of anilines is 1. The van der Waals surface area contributed by atoms with Crippen LogP contribution in [0.5, 0.6) is 0 Å². The summed E-state index contributed by atoms with van der Waals surface area (Å²) in [5, 5.41) is 2.63. The number of nitrogens with two attached hydrogens (primary N) is 1. The van der Waals surface area contributed by atoms with Crippen LogP contribution in [0, 0.1) is 0 Å². The molecule has 1 atom stereocenters. The number of benzene rings is 1. The summed E-state index contributed by atoms with van der Waals surface area (Å²) in [6.45, 7) is 1.62. The molecule has 0 aliphatic rings. The number of aromatic nitrogens is 2. The third-order valence-corrected chi connectivity index (χ3v) is 2.36. The quantitative estimate of drug-likeness (QED) is 0.853. The van der Waals surface area contributed by atoms with Crippen molar-refractivity contribution in [1.29, 1.82) is 0 Å². The van der Waals surface area contributed by atoms with Crippen molar-refractivity contribution < 1.29 is 4.79 Å². The van der Waals surface area contributed by atoms with E-state index in [2.05, 4.69) is 15.3 Å². The van der Waals surface area contributed by atoms with Crippen LogP contribution in [0.4, 0.5) is 5.69 Å². The molecular formula is C13H14N4O. The first-order valence-electron chi connectivity index (χ1n) is 5.61. The van der Waals surface area contributed by atoms with E-state index in [1.807, 2.05) is 30.3 Å². The molecule has 0 fully saturated rings. The van der Waals surface area contributed by atoms with Crippen LogP contribution in [0.1, 0.15) is 6.92 Å². The molecule has 5 nitrogen and oxygen atoms in total. The molecule has 2 rings (SSSR count). The minimum atomic E-state index is -0.557. The van der Waals surface area contributed by atoms with Gasteiger partial charge in [0.05, 0.1) is 24.1 Å². The van der Waals surface area contributed by atoms with E-state index in [1.54, 1.807) is 19.3 Å². The lowest BCUT2D eigenvalue weighted by atomic mass is 10.2. The molecule has 0 unspecified atom stereocenters. The van der Waals surface area contributed by atoms with Crippen molar-refractivity contribution in [2.45, 2.75) is 13.0 Å². The topological polar surface area (TPSA) is 80.9 Å². The highest BCUT2D eigenvalue weighted by Gasteiger charge is 2.08. The minimum Gasteiger partial charge on any atom is -0.322 e. The average Bonchev–Trinajstić information content (AvgIpc) is 2.40. The number of rotatable bonds is 3. The van der Waals surface area contributed by atoms with Gasteiger partial charge in [-0.1, -0.05) is 30.3 Å². The van der Waals surface area contributed by atoms with E-state index in [0.29, 0.717) is 11.5 Å². The minimum absolute atomic E-state index is 0.258. The molecule has 0 saturated heterocycles. The Labute approximate surface area is 105 Å². The Hall–Kier alpha value is -2.27. The van der Waals surface area contributed by atoms with E-state index in [4.69, 9.17) is 5.73 Å². The molecule has 0 aliphatic carbocycles. The lowest BCUT2D eigenvalue weighted by Crippen LogP contribution is -2.32. The van der Waals surface area contributed by atoms with Gasteiger partial charge in [-0.15, -0.1) is 0 Å². The van der Waals surface area contributed by atoms with Crippen LogP contribution >= 0.6 is 0 Å². The van der Waals surface area contributed by atoms with Gasteiger partial charge in [-0.3, -0.25) is 4.79 Å². The Kier molecular flexibility index (Phi) is 3.64. The molecule has 0 spiro atoms. The summed E-state index contributed by atoms with van der Waals surface area (Å²) < 4.78 is 0. The second-order valence-corrected chi connectivity index (χ2v) is 3.94. The van der Waals surface area contributed by atoms with Gasteiger partial charge in [-0.05, 0) is 6.92 Å². The molecule has 0 radical (unpaired) electrons. The fourth-order valence-corrected chi connectivity index (χ4v) is 1.38. The van der Waals surface area contributed by atoms with E-state index < -0.39 is 6.04 Å². The van der Waals surface area contributed by atoms with Gasteiger partial charge in [0.2, 0.25) is 5.91 Å². The molecule has 1 aromatic carbocycles. The Bertz CT molecular complexity index is 522. The fourth-order valence-electron chi connectivity index (χ4n) is 1.38. The van der Waals surface area contributed by atoms with Crippen molar-refractivity contribution in [3.8, 4) is 11.4 Å². The van der Waals surface area contributed by atoms with Gasteiger partial charge in [0.1, 0.15) is 0 Å². The van der Waals surface area contributed by atoms with Gasteiger partial charge in [0.25, 0.3) is 0 Å². The average molecular weight is 242 g/mol. The maximum atomic E-state index is 11.4. The number of nitrogens with zero attached hydrogens (tertiary/aromatic N) is 2. The van der Waals surface area contributed by atoms with E-state index in [1.165, 1.54) is 0 Å². The highest BCUT2D eigenvalue weighted by molar-refractivity contribution is 5.94. The lowest BCUT2D eigenvalue weighted by Gasteiger charge is -2.07. The molecular weight excluding hydrogens is 228 g/mol. The van der Waals surface area contributed by atoms with Crippen LogP contribution in [0.2, 0.25) is 0 Å². The molecule has 1 amide bonds. The zero-order valence-corrected chi connectivity index (χ0v) is 10.00. The van der Waals surface area contributed by atoms with Gasteiger partial charge in [0, 0.05) is 5.56 Å². The molecule has 18 heavy (non-hydrogen) atoms. The first kappa shape index (κ1) is 12.2. The molecule has 92 valence electrons. The zero-order chi connectivity index (χ0) is 13.0. The standard InChI is InChI=1S/C13H14N4O/c1-9(14)13(18)17-11-7-15-12(16-8-11)10-5-3-2-4-6-10/h2-9H,14H2,1H3,(H,17,18)/t9-/m1/s1. The smallest absolute Gasteiger partial charge is 0.241 e. The number of hydrogen-bond donors (Lipinski definition) is 2. The molecule has 0 saturated carbocycles. The molecule has 5 heteroatoms. The van der Waals surface area contributed by atoms with Crippen LogP contribution < -0.4 is 11.1 Å². The SMILES string of the molecule is C[C@@H](N)C(=O)Nc1cnc(-c2ccccc2)nc1. The molecule has 1 aromatic heterocycles. The second kappa shape index (κ2) is 5.37. The summed E-state index contributed by atoms with van der Waals surface area (Å²) in [6.07, 6.45) is 3.13. The van der Waals surface area contributed by atoms with Gasteiger partial charge >= 0.3 is 0 Å². The van der Waals surface area contributed by atoms with Crippen molar-refractivity contribution in [2.75, 3.05) is 5.32 Å². The normalized spacial score (nSPS) is 11.9. The summed E-state index contributed by atoms with van der Waals surface area (Å²) in [6, 6.07) is 9.07. The van der Waals surface area contributed by atoms with Crippen LogP contribution in [-0.2, 0) is 4.79 Å². The van der Waals surface area contributed by atoms with E-state index in [0.717, 1.165) is 5.56 Å². The number of carbonyl (C=O) groups is 1. The predicted molar refractivity (Wildman–Crippen MR) is 69.7 cm³/mol. The Morgan fingerprint density at radius 1 is 1.22 bits per heavy atom. The summed E-state index contributed by atoms with van der Waals surface area (Å²) in [5.74, 6) is 0.362. The Morgan fingerprint density at radius 2 is 1.83 bits per heavy atom. The summed E-state index contributed by atoms with van der Waals surface area (Å²) >= 11 is 0. The molecule has 2 aromatic rings. The van der Waals surface area contributed by atoms with Crippen LogP contribution in [-0.4, -0.2) is 21.9 Å². The third kappa shape index (κ3) is 2.89. The van der Waals surface area contributed by atoms with Gasteiger partial charge in [-0.25, -0.2) is 9.97 Å². The van der Waals surface area contributed by atoms with Gasteiger partial charge in [-0.2, -0.15) is 0 Å². The first-order valence-corrected chi connectivity index (χ1v) is 5.61. The van der Waals surface area contributed by atoms with E-state index in [-0.39, 0.29) is 5.91 Å². The van der Waals surface area contributed by atoms with Crippen molar-refractivity contribution in [3.63, 3.8) is 0 Å². The van der Waals surface area contributed by atoms with Crippen LogP contribution in [0.25, 0.3) is 11.4 Å². The van der Waals surface area contributed by atoms with Gasteiger partial charge < -0.3 is 11.1 Å². The zero-order valence-electron chi connectivity index (χ0n) is 10.00. The molecule has 3 N–H and O–H groups in total. The molecule has 0 bridgehead atoms.